The maximum absolute atomic E-state index is 9.08. The second-order valence-electron chi connectivity index (χ2n) is 4.39. The number of nitrogens with one attached hydrogen (secondary N) is 1. The fourth-order valence-electron chi connectivity index (χ4n) is 2.04. The molecule has 0 unspecified atom stereocenters. The fourth-order valence-corrected chi connectivity index (χ4v) is 2.44. The molecule has 0 atom stereocenters. The highest BCUT2D eigenvalue weighted by atomic mass is 79.9. The standard InChI is InChI=1S/C15H12BrN3O/c16-13-3-1-2-12(8-13)15-14(17-19-18-15)11-6-4-10(9-20)5-7-11/h1-8,20H,9H2,(H,17,18,19). The molecule has 0 saturated heterocycles. The smallest absolute Gasteiger partial charge is 0.120 e. The van der Waals surface area contributed by atoms with Crippen molar-refractivity contribution in [3.05, 3.63) is 58.6 Å². The lowest BCUT2D eigenvalue weighted by Gasteiger charge is -2.03. The monoisotopic (exact) mass is 329 g/mol. The van der Waals surface area contributed by atoms with Gasteiger partial charge in [-0.1, -0.05) is 52.3 Å². The number of aliphatic hydroxyl groups excluding tert-OH is 1. The van der Waals surface area contributed by atoms with Crippen LogP contribution in [-0.2, 0) is 6.61 Å². The number of aromatic amines is 1. The SMILES string of the molecule is OCc1ccc(-c2n[nH]nc2-c2cccc(Br)c2)cc1. The van der Waals surface area contributed by atoms with E-state index in [2.05, 4.69) is 31.3 Å². The summed E-state index contributed by atoms with van der Waals surface area (Å²) < 4.78 is 1.000. The Morgan fingerprint density at radius 2 is 1.65 bits per heavy atom. The van der Waals surface area contributed by atoms with Crippen LogP contribution in [0.3, 0.4) is 0 Å². The summed E-state index contributed by atoms with van der Waals surface area (Å²) >= 11 is 3.46. The quantitative estimate of drug-likeness (QED) is 0.774. The summed E-state index contributed by atoms with van der Waals surface area (Å²) in [5.41, 5.74) is 4.44. The van der Waals surface area contributed by atoms with E-state index in [0.29, 0.717) is 0 Å². The van der Waals surface area contributed by atoms with Gasteiger partial charge in [0.15, 0.2) is 0 Å². The Morgan fingerprint density at radius 3 is 2.30 bits per heavy atom. The number of hydrogen-bond acceptors (Lipinski definition) is 3. The number of aromatic nitrogens is 3. The molecular formula is C15H12BrN3O. The van der Waals surface area contributed by atoms with E-state index in [9.17, 15) is 0 Å². The van der Waals surface area contributed by atoms with Crippen molar-refractivity contribution in [2.75, 3.05) is 0 Å². The molecule has 0 aliphatic rings. The highest BCUT2D eigenvalue weighted by Crippen LogP contribution is 2.29. The average molecular weight is 330 g/mol. The Balaban J connectivity index is 2.05. The van der Waals surface area contributed by atoms with Crippen molar-refractivity contribution >= 4 is 15.9 Å². The first-order chi connectivity index (χ1) is 9.78. The lowest BCUT2D eigenvalue weighted by molar-refractivity contribution is 0.282. The van der Waals surface area contributed by atoms with Gasteiger partial charge in [-0.2, -0.15) is 15.4 Å². The molecule has 0 spiro atoms. The summed E-state index contributed by atoms with van der Waals surface area (Å²) in [4.78, 5) is 0. The van der Waals surface area contributed by atoms with Gasteiger partial charge in [0.1, 0.15) is 11.4 Å². The predicted molar refractivity (Wildman–Crippen MR) is 80.9 cm³/mol. The van der Waals surface area contributed by atoms with Crippen molar-refractivity contribution in [2.45, 2.75) is 6.61 Å². The Hall–Kier alpha value is -1.98. The molecule has 2 aromatic carbocycles. The molecular weight excluding hydrogens is 318 g/mol. The van der Waals surface area contributed by atoms with Crippen molar-refractivity contribution in [1.82, 2.24) is 15.4 Å². The Labute approximate surface area is 124 Å². The van der Waals surface area contributed by atoms with E-state index < -0.39 is 0 Å². The lowest BCUT2D eigenvalue weighted by Crippen LogP contribution is -1.86. The van der Waals surface area contributed by atoms with Crippen LogP contribution in [-0.4, -0.2) is 20.5 Å². The van der Waals surface area contributed by atoms with E-state index in [1.165, 1.54) is 0 Å². The summed E-state index contributed by atoms with van der Waals surface area (Å²) in [5, 5.41) is 20.2. The van der Waals surface area contributed by atoms with Crippen molar-refractivity contribution in [3.8, 4) is 22.5 Å². The van der Waals surface area contributed by atoms with Crippen molar-refractivity contribution in [1.29, 1.82) is 0 Å². The topological polar surface area (TPSA) is 61.8 Å². The van der Waals surface area contributed by atoms with E-state index in [0.717, 1.165) is 32.6 Å². The van der Waals surface area contributed by atoms with Crippen LogP contribution in [0, 0.1) is 0 Å². The molecule has 0 amide bonds. The third-order valence-electron chi connectivity index (χ3n) is 3.06. The average Bonchev–Trinajstić information content (AvgIpc) is 2.97. The number of aliphatic hydroxyl groups is 1. The molecule has 20 heavy (non-hydrogen) atoms. The summed E-state index contributed by atoms with van der Waals surface area (Å²) in [6.07, 6.45) is 0. The minimum atomic E-state index is 0.0393. The second-order valence-corrected chi connectivity index (χ2v) is 5.30. The maximum Gasteiger partial charge on any atom is 0.120 e. The van der Waals surface area contributed by atoms with Gasteiger partial charge in [0.05, 0.1) is 6.61 Å². The van der Waals surface area contributed by atoms with Crippen LogP contribution in [0.1, 0.15) is 5.56 Å². The van der Waals surface area contributed by atoms with Crippen LogP contribution < -0.4 is 0 Å². The first kappa shape index (κ1) is 13.0. The van der Waals surface area contributed by atoms with Gasteiger partial charge in [0, 0.05) is 15.6 Å². The molecule has 0 bridgehead atoms. The van der Waals surface area contributed by atoms with Crippen molar-refractivity contribution in [3.63, 3.8) is 0 Å². The predicted octanol–water partition coefficient (Wildman–Crippen LogP) is 3.39. The van der Waals surface area contributed by atoms with Crippen LogP contribution in [0.25, 0.3) is 22.5 Å². The molecule has 1 heterocycles. The summed E-state index contributed by atoms with van der Waals surface area (Å²) in [6, 6.07) is 15.6. The molecule has 0 saturated carbocycles. The van der Waals surface area contributed by atoms with Gasteiger partial charge in [-0.3, -0.25) is 0 Å². The minimum absolute atomic E-state index is 0.0393. The van der Waals surface area contributed by atoms with Gasteiger partial charge in [-0.25, -0.2) is 0 Å². The fraction of sp³-hybridized carbons (Fsp3) is 0.0667. The van der Waals surface area contributed by atoms with E-state index in [-0.39, 0.29) is 6.61 Å². The van der Waals surface area contributed by atoms with Gasteiger partial charge in [0.25, 0.3) is 0 Å². The molecule has 2 N–H and O–H groups in total. The highest BCUT2D eigenvalue weighted by molar-refractivity contribution is 9.10. The molecule has 1 aromatic heterocycles. The van der Waals surface area contributed by atoms with E-state index in [1.54, 1.807) is 0 Å². The van der Waals surface area contributed by atoms with Crippen LogP contribution in [0.5, 0.6) is 0 Å². The maximum atomic E-state index is 9.08. The molecule has 4 nitrogen and oxygen atoms in total. The van der Waals surface area contributed by atoms with Crippen LogP contribution in [0.4, 0.5) is 0 Å². The first-order valence-corrected chi connectivity index (χ1v) is 6.94. The molecule has 100 valence electrons. The zero-order valence-electron chi connectivity index (χ0n) is 10.5. The molecule has 0 aliphatic carbocycles. The summed E-state index contributed by atoms with van der Waals surface area (Å²) in [5.74, 6) is 0. The number of benzene rings is 2. The third-order valence-corrected chi connectivity index (χ3v) is 3.55. The molecule has 0 fully saturated rings. The van der Waals surface area contributed by atoms with Crippen LogP contribution >= 0.6 is 15.9 Å². The van der Waals surface area contributed by atoms with Gasteiger partial charge < -0.3 is 5.11 Å². The van der Waals surface area contributed by atoms with Crippen molar-refractivity contribution in [2.24, 2.45) is 0 Å². The molecule has 0 aliphatic heterocycles. The Bertz CT molecular complexity index is 722. The molecule has 3 aromatic rings. The Morgan fingerprint density at radius 1 is 0.950 bits per heavy atom. The normalized spacial score (nSPS) is 10.7. The Kier molecular flexibility index (Phi) is 3.62. The van der Waals surface area contributed by atoms with Gasteiger partial charge in [-0.15, -0.1) is 0 Å². The van der Waals surface area contributed by atoms with Gasteiger partial charge in [-0.05, 0) is 17.7 Å². The van der Waals surface area contributed by atoms with Crippen LogP contribution in [0.15, 0.2) is 53.0 Å². The van der Waals surface area contributed by atoms with E-state index in [1.807, 2.05) is 48.5 Å². The summed E-state index contributed by atoms with van der Waals surface area (Å²) in [7, 11) is 0. The molecule has 3 rings (SSSR count). The van der Waals surface area contributed by atoms with Crippen molar-refractivity contribution < 1.29 is 5.11 Å². The zero-order chi connectivity index (χ0) is 13.9. The first-order valence-electron chi connectivity index (χ1n) is 6.15. The number of nitrogens with zero attached hydrogens (tertiary/aromatic N) is 2. The molecule has 0 radical (unpaired) electrons. The second kappa shape index (κ2) is 5.56. The lowest BCUT2D eigenvalue weighted by atomic mass is 10.0. The van der Waals surface area contributed by atoms with Gasteiger partial charge >= 0.3 is 0 Å². The minimum Gasteiger partial charge on any atom is -0.392 e. The van der Waals surface area contributed by atoms with E-state index >= 15 is 0 Å². The third kappa shape index (κ3) is 2.50. The number of rotatable bonds is 3. The number of H-pyrrole nitrogens is 1. The van der Waals surface area contributed by atoms with Crippen LogP contribution in [0.2, 0.25) is 0 Å². The van der Waals surface area contributed by atoms with Gasteiger partial charge in [0.2, 0.25) is 0 Å². The number of hydrogen-bond donors (Lipinski definition) is 2. The van der Waals surface area contributed by atoms with E-state index in [4.69, 9.17) is 5.11 Å². The summed E-state index contributed by atoms with van der Waals surface area (Å²) in [6.45, 7) is 0.0393. The highest BCUT2D eigenvalue weighted by Gasteiger charge is 2.12. The largest absolute Gasteiger partial charge is 0.392 e. The zero-order valence-corrected chi connectivity index (χ0v) is 12.1. The number of halogens is 1. The molecule has 5 heteroatoms.